The Morgan fingerprint density at radius 3 is 2.17 bits per heavy atom. The zero-order valence-electron chi connectivity index (χ0n) is 15.2. The van der Waals surface area contributed by atoms with E-state index in [-0.39, 0.29) is 23.1 Å². The molecule has 0 fully saturated rings. The Labute approximate surface area is 145 Å². The maximum Gasteiger partial charge on any atom is 0.244 e. The summed E-state index contributed by atoms with van der Waals surface area (Å²) in [6.07, 6.45) is 1.67. The molecular weight excluding hydrogens is 328 g/mol. The first-order valence-electron chi connectivity index (χ1n) is 8.19. The van der Waals surface area contributed by atoms with E-state index >= 15 is 0 Å². The number of benzene rings is 1. The molecule has 136 valence electrons. The molecule has 6 nitrogen and oxygen atoms in total. The molecule has 7 heteroatoms. The Hall–Kier alpha value is -1.60. The van der Waals surface area contributed by atoms with Crippen LogP contribution in [0, 0.1) is 13.8 Å². The van der Waals surface area contributed by atoms with Crippen LogP contribution in [-0.2, 0) is 14.8 Å². The van der Waals surface area contributed by atoms with Gasteiger partial charge in [0.2, 0.25) is 15.9 Å². The number of hydrogen-bond acceptors (Lipinski definition) is 4. The van der Waals surface area contributed by atoms with Crippen LogP contribution in [0.2, 0.25) is 0 Å². The SMILES string of the molecule is CCCN(CCC)C(=O)CNS(=O)(=O)c1cc(C)c(C)cc1OC. The first-order chi connectivity index (χ1) is 11.3. The number of nitrogens with one attached hydrogen (secondary N) is 1. The minimum atomic E-state index is -3.82. The molecule has 0 unspecified atom stereocenters. The van der Waals surface area contributed by atoms with Crippen molar-refractivity contribution < 1.29 is 17.9 Å². The molecule has 0 aliphatic heterocycles. The largest absolute Gasteiger partial charge is 0.495 e. The van der Waals surface area contributed by atoms with E-state index in [9.17, 15) is 13.2 Å². The zero-order chi connectivity index (χ0) is 18.3. The molecule has 0 atom stereocenters. The van der Waals surface area contributed by atoms with Crippen molar-refractivity contribution in [2.45, 2.75) is 45.4 Å². The van der Waals surface area contributed by atoms with Crippen molar-refractivity contribution in [3.63, 3.8) is 0 Å². The van der Waals surface area contributed by atoms with Crippen molar-refractivity contribution in [3.8, 4) is 5.75 Å². The van der Waals surface area contributed by atoms with Gasteiger partial charge in [0, 0.05) is 13.1 Å². The molecule has 0 spiro atoms. The molecule has 1 aromatic rings. The van der Waals surface area contributed by atoms with Crippen LogP contribution in [0.15, 0.2) is 17.0 Å². The summed E-state index contributed by atoms with van der Waals surface area (Å²) in [6.45, 7) is 8.70. The molecule has 0 radical (unpaired) electrons. The van der Waals surface area contributed by atoms with Crippen LogP contribution in [0.3, 0.4) is 0 Å². The highest BCUT2D eigenvalue weighted by molar-refractivity contribution is 7.89. The lowest BCUT2D eigenvalue weighted by atomic mass is 10.1. The number of nitrogens with zero attached hydrogens (tertiary/aromatic N) is 1. The number of methoxy groups -OCH3 is 1. The van der Waals surface area contributed by atoms with Crippen LogP contribution in [0.1, 0.15) is 37.8 Å². The monoisotopic (exact) mass is 356 g/mol. The molecule has 1 amide bonds. The van der Waals surface area contributed by atoms with Crippen molar-refractivity contribution in [2.24, 2.45) is 0 Å². The summed E-state index contributed by atoms with van der Waals surface area (Å²) in [5, 5.41) is 0. The van der Waals surface area contributed by atoms with Gasteiger partial charge in [0.25, 0.3) is 0 Å². The Kier molecular flexibility index (Phi) is 7.69. The third-order valence-electron chi connectivity index (χ3n) is 3.82. The highest BCUT2D eigenvalue weighted by Crippen LogP contribution is 2.27. The number of carbonyl (C=O) groups is 1. The number of aryl methyl sites for hydroxylation is 2. The van der Waals surface area contributed by atoms with E-state index in [1.54, 1.807) is 17.0 Å². The van der Waals surface area contributed by atoms with Crippen LogP contribution in [-0.4, -0.2) is 46.0 Å². The third-order valence-corrected chi connectivity index (χ3v) is 5.25. The molecule has 0 aliphatic carbocycles. The predicted octanol–water partition coefficient (Wildman–Crippen LogP) is 2.24. The van der Waals surface area contributed by atoms with Crippen LogP contribution in [0.25, 0.3) is 0 Å². The second-order valence-electron chi connectivity index (χ2n) is 5.79. The van der Waals surface area contributed by atoms with Gasteiger partial charge in [0.05, 0.1) is 13.7 Å². The molecular formula is C17H28N2O4S. The van der Waals surface area contributed by atoms with Gasteiger partial charge >= 0.3 is 0 Å². The Balaban J connectivity index is 2.94. The van der Waals surface area contributed by atoms with E-state index in [1.807, 2.05) is 27.7 Å². The Bertz CT molecular complexity index is 665. The van der Waals surface area contributed by atoms with Gasteiger partial charge in [0.15, 0.2) is 0 Å². The average molecular weight is 356 g/mol. The van der Waals surface area contributed by atoms with Crippen molar-refractivity contribution in [2.75, 3.05) is 26.7 Å². The maximum absolute atomic E-state index is 12.6. The summed E-state index contributed by atoms with van der Waals surface area (Å²) >= 11 is 0. The second-order valence-corrected chi connectivity index (χ2v) is 7.53. The molecule has 1 N–H and O–H groups in total. The van der Waals surface area contributed by atoms with Gasteiger partial charge in [-0.1, -0.05) is 13.8 Å². The second kappa shape index (κ2) is 9.03. The summed E-state index contributed by atoms with van der Waals surface area (Å²) < 4.78 is 32.7. The van der Waals surface area contributed by atoms with E-state index in [1.165, 1.54) is 7.11 Å². The zero-order valence-corrected chi connectivity index (χ0v) is 16.0. The van der Waals surface area contributed by atoms with Gasteiger partial charge in [0.1, 0.15) is 10.6 Å². The smallest absolute Gasteiger partial charge is 0.244 e. The average Bonchev–Trinajstić information content (AvgIpc) is 2.54. The lowest BCUT2D eigenvalue weighted by Gasteiger charge is -2.21. The Morgan fingerprint density at radius 2 is 1.67 bits per heavy atom. The van der Waals surface area contributed by atoms with E-state index in [2.05, 4.69) is 4.72 Å². The molecule has 0 heterocycles. The summed E-state index contributed by atoms with van der Waals surface area (Å²) in [5.74, 6) is 0.0575. The van der Waals surface area contributed by atoms with Crippen LogP contribution < -0.4 is 9.46 Å². The molecule has 0 saturated heterocycles. The molecule has 1 rings (SSSR count). The van der Waals surface area contributed by atoms with E-state index in [4.69, 9.17) is 4.74 Å². The van der Waals surface area contributed by atoms with Crippen LogP contribution in [0.5, 0.6) is 5.75 Å². The molecule has 0 aliphatic rings. The number of amides is 1. The third kappa shape index (κ3) is 5.21. The lowest BCUT2D eigenvalue weighted by molar-refractivity contribution is -0.130. The van der Waals surface area contributed by atoms with Gasteiger partial charge < -0.3 is 9.64 Å². The standard InChI is InChI=1S/C17H28N2O4S/c1-6-8-19(9-7-2)17(20)12-18-24(21,22)16-11-14(4)13(3)10-15(16)23-5/h10-11,18H,6-9,12H2,1-5H3. The van der Waals surface area contributed by atoms with Crippen molar-refractivity contribution in [1.82, 2.24) is 9.62 Å². The van der Waals surface area contributed by atoms with Gasteiger partial charge in [-0.25, -0.2) is 13.1 Å². The fraction of sp³-hybridized carbons (Fsp3) is 0.588. The van der Waals surface area contributed by atoms with Gasteiger partial charge in [-0.2, -0.15) is 0 Å². The van der Waals surface area contributed by atoms with Crippen molar-refractivity contribution >= 4 is 15.9 Å². The molecule has 0 saturated carbocycles. The van der Waals surface area contributed by atoms with E-state index < -0.39 is 10.0 Å². The normalized spacial score (nSPS) is 11.4. The van der Waals surface area contributed by atoms with E-state index in [0.717, 1.165) is 24.0 Å². The maximum atomic E-state index is 12.6. The first kappa shape index (κ1) is 20.4. The fourth-order valence-corrected chi connectivity index (χ4v) is 3.59. The molecule has 0 bridgehead atoms. The van der Waals surface area contributed by atoms with Crippen LogP contribution in [0.4, 0.5) is 0 Å². The summed E-state index contributed by atoms with van der Waals surface area (Å²) in [5.41, 5.74) is 1.79. The minimum Gasteiger partial charge on any atom is -0.495 e. The van der Waals surface area contributed by atoms with Crippen molar-refractivity contribution in [1.29, 1.82) is 0 Å². The van der Waals surface area contributed by atoms with E-state index in [0.29, 0.717) is 13.1 Å². The minimum absolute atomic E-state index is 0.0541. The highest BCUT2D eigenvalue weighted by atomic mass is 32.2. The fourth-order valence-electron chi connectivity index (χ4n) is 2.38. The number of ether oxygens (including phenoxy) is 1. The number of rotatable bonds is 9. The molecule has 1 aromatic carbocycles. The van der Waals surface area contributed by atoms with Crippen molar-refractivity contribution in [3.05, 3.63) is 23.3 Å². The quantitative estimate of drug-likeness (QED) is 0.736. The molecule has 0 aromatic heterocycles. The highest BCUT2D eigenvalue weighted by Gasteiger charge is 2.22. The summed E-state index contributed by atoms with van der Waals surface area (Å²) in [6, 6.07) is 3.25. The van der Waals surface area contributed by atoms with Crippen LogP contribution >= 0.6 is 0 Å². The summed E-state index contributed by atoms with van der Waals surface area (Å²) in [7, 11) is -2.39. The van der Waals surface area contributed by atoms with Gasteiger partial charge in [-0.05, 0) is 49.9 Å². The Morgan fingerprint density at radius 1 is 1.12 bits per heavy atom. The topological polar surface area (TPSA) is 75.7 Å². The predicted molar refractivity (Wildman–Crippen MR) is 94.8 cm³/mol. The lowest BCUT2D eigenvalue weighted by Crippen LogP contribution is -2.41. The molecule has 24 heavy (non-hydrogen) atoms. The summed E-state index contributed by atoms with van der Waals surface area (Å²) in [4.78, 5) is 14.0. The number of carbonyl (C=O) groups excluding carboxylic acids is 1. The number of sulfonamides is 1. The van der Waals surface area contributed by atoms with Gasteiger partial charge in [-0.3, -0.25) is 4.79 Å². The number of hydrogen-bond donors (Lipinski definition) is 1. The first-order valence-corrected chi connectivity index (χ1v) is 9.67. The van der Waals surface area contributed by atoms with Gasteiger partial charge in [-0.15, -0.1) is 0 Å².